The fourth-order valence-electron chi connectivity index (χ4n) is 5.48. The maximum absolute atomic E-state index is 13.3. The maximum atomic E-state index is 13.3. The van der Waals surface area contributed by atoms with E-state index in [1.54, 1.807) is 18.2 Å². The van der Waals surface area contributed by atoms with Gasteiger partial charge in [0.2, 0.25) is 20.0 Å². The van der Waals surface area contributed by atoms with Crippen molar-refractivity contribution in [3.8, 4) is 5.75 Å². The molecule has 2 heterocycles. The van der Waals surface area contributed by atoms with Gasteiger partial charge >= 0.3 is 0 Å². The molecular formula is C29H36FN3O7S2. The normalized spacial score (nSPS) is 20.2. The van der Waals surface area contributed by atoms with Crippen molar-refractivity contribution < 1.29 is 35.8 Å². The summed E-state index contributed by atoms with van der Waals surface area (Å²) >= 11 is 0. The van der Waals surface area contributed by atoms with Crippen molar-refractivity contribution in [3.05, 3.63) is 66.7 Å². The van der Waals surface area contributed by atoms with Gasteiger partial charge in [0.05, 0.1) is 22.0 Å². The standard InChI is InChI=1S/C29H36FN3O7S2/c30-12-13-32-41(35,36)27-7-3-6-26(17-27)39-21-25(34)19-31-24-18-29(40-20-24)10-14-33(15-11-29)42(37,38)28-9-8-22-4-1-2-5-23(22)16-28/h1-9,16-17,24-25,31-32,34H,10-15,18-21H2. The molecule has 13 heteroatoms. The van der Waals surface area contributed by atoms with Crippen LogP contribution in [-0.2, 0) is 24.8 Å². The van der Waals surface area contributed by atoms with Crippen molar-refractivity contribution in [2.75, 3.05) is 46.1 Å². The van der Waals surface area contributed by atoms with E-state index in [-0.39, 0.29) is 36.4 Å². The smallest absolute Gasteiger partial charge is 0.243 e. The van der Waals surface area contributed by atoms with Gasteiger partial charge in [0.1, 0.15) is 25.1 Å². The van der Waals surface area contributed by atoms with Crippen molar-refractivity contribution in [2.24, 2.45) is 0 Å². The fraction of sp³-hybridized carbons (Fsp3) is 0.448. The van der Waals surface area contributed by atoms with Gasteiger partial charge in [-0.3, -0.25) is 0 Å². The number of alkyl halides is 1. The Labute approximate surface area is 245 Å². The van der Waals surface area contributed by atoms with Crippen molar-refractivity contribution in [1.29, 1.82) is 0 Å². The summed E-state index contributed by atoms with van der Waals surface area (Å²) in [5.41, 5.74) is -0.406. The van der Waals surface area contributed by atoms with Gasteiger partial charge in [0.25, 0.3) is 0 Å². The van der Waals surface area contributed by atoms with Gasteiger partial charge in [-0.2, -0.15) is 4.31 Å². The quantitative estimate of drug-likeness (QED) is 0.281. The van der Waals surface area contributed by atoms with Crippen LogP contribution in [0, 0.1) is 0 Å². The summed E-state index contributed by atoms with van der Waals surface area (Å²) in [6.45, 7) is 0.252. The Bertz CT molecular complexity index is 1600. The van der Waals surface area contributed by atoms with E-state index in [1.807, 2.05) is 30.3 Å². The Kier molecular flexibility index (Phi) is 9.47. The second-order valence-electron chi connectivity index (χ2n) is 10.7. The number of benzene rings is 3. The Hall–Kier alpha value is -2.65. The summed E-state index contributed by atoms with van der Waals surface area (Å²) in [5.74, 6) is 0.269. The molecule has 2 unspecified atom stereocenters. The molecule has 3 aromatic carbocycles. The number of hydrogen-bond acceptors (Lipinski definition) is 8. The van der Waals surface area contributed by atoms with Gasteiger partial charge in [-0.05, 0) is 54.3 Å². The van der Waals surface area contributed by atoms with E-state index >= 15 is 0 Å². The third kappa shape index (κ3) is 7.10. The fourth-order valence-corrected chi connectivity index (χ4v) is 8.00. The predicted molar refractivity (Wildman–Crippen MR) is 156 cm³/mol. The minimum absolute atomic E-state index is 0.00153. The van der Waals surface area contributed by atoms with E-state index in [1.165, 1.54) is 22.5 Å². The molecule has 2 saturated heterocycles. The van der Waals surface area contributed by atoms with Crippen LogP contribution in [0.5, 0.6) is 5.75 Å². The van der Waals surface area contributed by atoms with E-state index < -0.39 is 38.4 Å². The third-order valence-electron chi connectivity index (χ3n) is 7.79. The zero-order valence-electron chi connectivity index (χ0n) is 23.1. The largest absolute Gasteiger partial charge is 0.491 e. The van der Waals surface area contributed by atoms with Crippen LogP contribution in [0.15, 0.2) is 76.5 Å². The van der Waals surface area contributed by atoms with Crippen LogP contribution in [0.1, 0.15) is 19.3 Å². The molecule has 2 atom stereocenters. The van der Waals surface area contributed by atoms with Crippen LogP contribution >= 0.6 is 0 Å². The predicted octanol–water partition coefficient (Wildman–Crippen LogP) is 2.43. The number of ether oxygens (including phenoxy) is 2. The minimum atomic E-state index is -3.85. The van der Waals surface area contributed by atoms with Crippen LogP contribution in [0.3, 0.4) is 0 Å². The number of rotatable bonds is 12. The minimum Gasteiger partial charge on any atom is -0.491 e. The molecule has 0 saturated carbocycles. The lowest BCUT2D eigenvalue weighted by Gasteiger charge is -2.38. The molecule has 0 aromatic heterocycles. The molecule has 228 valence electrons. The summed E-state index contributed by atoms with van der Waals surface area (Å²) in [5, 5.41) is 15.6. The molecule has 0 radical (unpaired) electrons. The Morgan fingerprint density at radius 2 is 1.76 bits per heavy atom. The molecule has 42 heavy (non-hydrogen) atoms. The van der Waals surface area contributed by atoms with E-state index in [0.717, 1.165) is 10.8 Å². The van der Waals surface area contributed by atoms with Gasteiger partial charge in [0.15, 0.2) is 0 Å². The first kappa shape index (κ1) is 30.8. The Morgan fingerprint density at radius 1 is 1.00 bits per heavy atom. The molecule has 2 aliphatic heterocycles. The van der Waals surface area contributed by atoms with E-state index in [2.05, 4.69) is 10.0 Å². The molecule has 3 N–H and O–H groups in total. The molecule has 10 nitrogen and oxygen atoms in total. The maximum Gasteiger partial charge on any atom is 0.243 e. The van der Waals surface area contributed by atoms with Crippen molar-refractivity contribution in [2.45, 2.75) is 46.8 Å². The lowest BCUT2D eigenvalue weighted by atomic mass is 9.88. The number of piperidine rings is 1. The zero-order chi connectivity index (χ0) is 29.8. The third-order valence-corrected chi connectivity index (χ3v) is 11.1. The second-order valence-corrected chi connectivity index (χ2v) is 14.4. The number of nitrogens with zero attached hydrogens (tertiary/aromatic N) is 1. The summed E-state index contributed by atoms with van der Waals surface area (Å²) in [6, 6.07) is 18.7. The zero-order valence-corrected chi connectivity index (χ0v) is 24.7. The summed E-state index contributed by atoms with van der Waals surface area (Å²) in [6.07, 6.45) is 1.02. The number of aliphatic hydroxyl groups excluding tert-OH is 1. The molecule has 2 fully saturated rings. The lowest BCUT2D eigenvalue weighted by Crippen LogP contribution is -2.47. The summed E-state index contributed by atoms with van der Waals surface area (Å²) in [7, 11) is -7.46. The highest BCUT2D eigenvalue weighted by molar-refractivity contribution is 7.89. The molecule has 0 amide bonds. The highest BCUT2D eigenvalue weighted by Crippen LogP contribution is 2.37. The van der Waals surface area contributed by atoms with Gasteiger partial charge in [-0.1, -0.05) is 36.4 Å². The van der Waals surface area contributed by atoms with Gasteiger partial charge in [-0.15, -0.1) is 0 Å². The number of aliphatic hydroxyl groups is 1. The number of fused-ring (bicyclic) bond motifs is 1. The molecule has 0 aliphatic carbocycles. The van der Waals surface area contributed by atoms with Crippen LogP contribution in [0.25, 0.3) is 10.8 Å². The monoisotopic (exact) mass is 621 g/mol. The van der Waals surface area contributed by atoms with Crippen LogP contribution < -0.4 is 14.8 Å². The SMILES string of the molecule is O=S(=O)(NCCF)c1cccc(OCC(O)CNC2COC3(CCN(S(=O)(=O)c4ccc5ccccc5c4)CC3)C2)c1. The first-order valence-electron chi connectivity index (χ1n) is 13.9. The highest BCUT2D eigenvalue weighted by atomic mass is 32.2. The number of sulfonamides is 2. The van der Waals surface area contributed by atoms with Gasteiger partial charge in [0, 0.05) is 38.3 Å². The molecule has 2 aliphatic rings. The van der Waals surface area contributed by atoms with E-state index in [0.29, 0.717) is 43.9 Å². The highest BCUT2D eigenvalue weighted by Gasteiger charge is 2.44. The Morgan fingerprint density at radius 3 is 2.52 bits per heavy atom. The number of halogens is 1. The molecule has 1 spiro atoms. The van der Waals surface area contributed by atoms with Crippen molar-refractivity contribution in [1.82, 2.24) is 14.3 Å². The summed E-state index contributed by atoms with van der Waals surface area (Å²) < 4.78 is 78.9. The van der Waals surface area contributed by atoms with E-state index in [4.69, 9.17) is 9.47 Å². The molecule has 0 bridgehead atoms. The second kappa shape index (κ2) is 12.9. The van der Waals surface area contributed by atoms with Gasteiger partial charge < -0.3 is 19.9 Å². The van der Waals surface area contributed by atoms with Crippen LogP contribution in [0.2, 0.25) is 0 Å². The van der Waals surface area contributed by atoms with E-state index in [9.17, 15) is 26.3 Å². The molecule has 5 rings (SSSR count). The summed E-state index contributed by atoms with van der Waals surface area (Å²) in [4.78, 5) is 0.243. The number of hydrogen-bond donors (Lipinski definition) is 3. The average Bonchev–Trinajstić information content (AvgIpc) is 3.40. The van der Waals surface area contributed by atoms with Crippen molar-refractivity contribution in [3.63, 3.8) is 0 Å². The van der Waals surface area contributed by atoms with Gasteiger partial charge in [-0.25, -0.2) is 25.9 Å². The molecular weight excluding hydrogens is 585 g/mol. The lowest BCUT2D eigenvalue weighted by molar-refractivity contribution is -0.0312. The van der Waals surface area contributed by atoms with Crippen LogP contribution in [-0.4, -0.2) is 90.1 Å². The average molecular weight is 622 g/mol. The number of nitrogens with one attached hydrogen (secondary N) is 2. The Balaban J connectivity index is 1.08. The van der Waals surface area contributed by atoms with Crippen LogP contribution in [0.4, 0.5) is 4.39 Å². The van der Waals surface area contributed by atoms with Crippen molar-refractivity contribution >= 4 is 30.8 Å². The molecule has 3 aromatic rings. The first-order chi connectivity index (χ1) is 20.1. The topological polar surface area (TPSA) is 134 Å². The first-order valence-corrected chi connectivity index (χ1v) is 16.9.